The molecule has 4 heteroatoms. The highest BCUT2D eigenvalue weighted by atomic mass is 16.5. The molecule has 0 radical (unpaired) electrons. The fourth-order valence-electron chi connectivity index (χ4n) is 3.08. The molecule has 0 bridgehead atoms. The van der Waals surface area contributed by atoms with E-state index in [2.05, 4.69) is 29.4 Å². The zero-order chi connectivity index (χ0) is 17.9. The van der Waals surface area contributed by atoms with Gasteiger partial charge < -0.3 is 15.0 Å². The van der Waals surface area contributed by atoms with Crippen molar-refractivity contribution in [2.75, 3.05) is 13.2 Å². The zero-order valence-corrected chi connectivity index (χ0v) is 15.7. The van der Waals surface area contributed by atoms with Crippen LogP contribution in [-0.2, 0) is 11.2 Å². The van der Waals surface area contributed by atoms with E-state index < -0.39 is 0 Å². The van der Waals surface area contributed by atoms with Gasteiger partial charge in [0.1, 0.15) is 5.75 Å². The number of rotatable bonds is 12. The molecule has 0 unspecified atom stereocenters. The van der Waals surface area contributed by atoms with Crippen molar-refractivity contribution in [1.82, 2.24) is 10.3 Å². The Kier molecular flexibility index (Phi) is 8.36. The molecule has 1 amide bonds. The van der Waals surface area contributed by atoms with Gasteiger partial charge in [-0.2, -0.15) is 0 Å². The summed E-state index contributed by atoms with van der Waals surface area (Å²) >= 11 is 0. The highest BCUT2D eigenvalue weighted by molar-refractivity contribution is 5.84. The lowest BCUT2D eigenvalue weighted by atomic mass is 10.1. The monoisotopic (exact) mass is 344 g/mol. The Morgan fingerprint density at radius 1 is 1.12 bits per heavy atom. The largest absolute Gasteiger partial charge is 0.494 e. The minimum atomic E-state index is 0.0126. The van der Waals surface area contributed by atoms with Gasteiger partial charge in [0.15, 0.2) is 0 Å². The molecule has 1 heterocycles. The molecular weight excluding hydrogens is 312 g/mol. The second-order valence-electron chi connectivity index (χ2n) is 6.72. The normalized spacial score (nSPS) is 11.0. The van der Waals surface area contributed by atoms with E-state index >= 15 is 0 Å². The van der Waals surface area contributed by atoms with Crippen molar-refractivity contribution >= 4 is 16.8 Å². The lowest BCUT2D eigenvalue weighted by molar-refractivity contribution is -0.118. The van der Waals surface area contributed by atoms with Gasteiger partial charge in [0.05, 0.1) is 6.61 Å². The summed E-state index contributed by atoms with van der Waals surface area (Å²) in [5.41, 5.74) is 2.33. The van der Waals surface area contributed by atoms with Crippen LogP contribution in [0.3, 0.4) is 0 Å². The van der Waals surface area contributed by atoms with Crippen molar-refractivity contribution < 1.29 is 9.53 Å². The third-order valence-corrected chi connectivity index (χ3v) is 4.52. The van der Waals surface area contributed by atoms with E-state index in [4.69, 9.17) is 4.74 Å². The third-order valence-electron chi connectivity index (χ3n) is 4.52. The maximum Gasteiger partial charge on any atom is 0.216 e. The number of carbonyl (C=O) groups is 1. The number of aromatic nitrogens is 1. The van der Waals surface area contributed by atoms with Gasteiger partial charge in [-0.3, -0.25) is 4.79 Å². The van der Waals surface area contributed by atoms with Crippen molar-refractivity contribution in [2.24, 2.45) is 0 Å². The number of carbonyl (C=O) groups excluding carboxylic acids is 1. The molecule has 2 aromatic rings. The van der Waals surface area contributed by atoms with Gasteiger partial charge in [-0.05, 0) is 36.6 Å². The Hall–Kier alpha value is -1.97. The first-order chi connectivity index (χ1) is 12.2. The summed E-state index contributed by atoms with van der Waals surface area (Å²) < 4.78 is 5.93. The first kappa shape index (κ1) is 19.4. The summed E-state index contributed by atoms with van der Waals surface area (Å²) in [4.78, 5) is 14.3. The first-order valence-electron chi connectivity index (χ1n) is 9.68. The maximum atomic E-state index is 11.0. The Bertz CT molecular complexity index is 648. The van der Waals surface area contributed by atoms with Gasteiger partial charge in [-0.15, -0.1) is 0 Å². The van der Waals surface area contributed by atoms with Gasteiger partial charge in [0, 0.05) is 30.6 Å². The average Bonchev–Trinajstić information content (AvgIpc) is 2.99. The second kappa shape index (κ2) is 10.8. The lowest BCUT2D eigenvalue weighted by Gasteiger charge is -2.07. The number of amides is 1. The summed E-state index contributed by atoms with van der Waals surface area (Å²) in [5.74, 6) is 0.942. The van der Waals surface area contributed by atoms with Crippen LogP contribution in [0.1, 0.15) is 64.4 Å². The predicted molar refractivity (Wildman–Crippen MR) is 104 cm³/mol. The standard InChI is InChI=1S/C21H32N2O2/c1-3-4-5-6-7-8-9-14-25-19-10-11-21-20(15-19)18(16-23-21)12-13-22-17(2)24/h10-11,15-16,23H,3-9,12-14H2,1-2H3,(H,22,24). The zero-order valence-electron chi connectivity index (χ0n) is 15.7. The van der Waals surface area contributed by atoms with E-state index in [-0.39, 0.29) is 5.91 Å². The highest BCUT2D eigenvalue weighted by Crippen LogP contribution is 2.24. The molecule has 0 saturated carbocycles. The quantitative estimate of drug-likeness (QED) is 0.534. The summed E-state index contributed by atoms with van der Waals surface area (Å²) in [6.07, 6.45) is 11.9. The number of H-pyrrole nitrogens is 1. The Morgan fingerprint density at radius 3 is 2.64 bits per heavy atom. The van der Waals surface area contributed by atoms with E-state index in [1.54, 1.807) is 6.92 Å². The lowest BCUT2D eigenvalue weighted by Crippen LogP contribution is -2.22. The van der Waals surface area contributed by atoms with Crippen molar-refractivity contribution in [3.63, 3.8) is 0 Å². The predicted octanol–water partition coefficient (Wildman–Crippen LogP) is 4.98. The van der Waals surface area contributed by atoms with Gasteiger partial charge in [-0.25, -0.2) is 0 Å². The molecule has 0 saturated heterocycles. The highest BCUT2D eigenvalue weighted by Gasteiger charge is 2.06. The van der Waals surface area contributed by atoms with E-state index in [9.17, 15) is 4.79 Å². The SMILES string of the molecule is CCCCCCCCCOc1ccc2[nH]cc(CCNC(C)=O)c2c1. The topological polar surface area (TPSA) is 54.1 Å². The third kappa shape index (κ3) is 6.81. The van der Waals surface area contributed by atoms with Crippen molar-refractivity contribution in [1.29, 1.82) is 0 Å². The van der Waals surface area contributed by atoms with Gasteiger partial charge in [-0.1, -0.05) is 45.4 Å². The number of benzene rings is 1. The van der Waals surface area contributed by atoms with E-state index in [0.29, 0.717) is 6.54 Å². The van der Waals surface area contributed by atoms with Crippen LogP contribution in [0.25, 0.3) is 10.9 Å². The van der Waals surface area contributed by atoms with Crippen LogP contribution in [0.4, 0.5) is 0 Å². The number of hydrogen-bond donors (Lipinski definition) is 2. The fraction of sp³-hybridized carbons (Fsp3) is 0.571. The van der Waals surface area contributed by atoms with Crippen LogP contribution in [0, 0.1) is 0 Å². The molecule has 0 aliphatic rings. The van der Waals surface area contributed by atoms with Gasteiger partial charge in [0.25, 0.3) is 0 Å². The van der Waals surface area contributed by atoms with Crippen molar-refractivity contribution in [3.8, 4) is 5.75 Å². The second-order valence-corrected chi connectivity index (χ2v) is 6.72. The molecule has 1 aromatic carbocycles. The van der Waals surface area contributed by atoms with Crippen LogP contribution in [0.2, 0.25) is 0 Å². The number of nitrogens with one attached hydrogen (secondary N) is 2. The Morgan fingerprint density at radius 2 is 1.88 bits per heavy atom. The van der Waals surface area contributed by atoms with Gasteiger partial charge >= 0.3 is 0 Å². The minimum absolute atomic E-state index is 0.0126. The first-order valence-corrected chi connectivity index (χ1v) is 9.68. The smallest absolute Gasteiger partial charge is 0.216 e. The summed E-state index contributed by atoms with van der Waals surface area (Å²) in [6, 6.07) is 6.20. The molecule has 138 valence electrons. The molecule has 4 nitrogen and oxygen atoms in total. The molecule has 0 fully saturated rings. The van der Waals surface area contributed by atoms with Gasteiger partial charge in [0.2, 0.25) is 5.91 Å². The molecule has 25 heavy (non-hydrogen) atoms. The van der Waals surface area contributed by atoms with Crippen molar-refractivity contribution in [3.05, 3.63) is 30.0 Å². The van der Waals surface area contributed by atoms with Crippen LogP contribution in [0.15, 0.2) is 24.4 Å². The Labute approximate surface area is 151 Å². The number of aromatic amines is 1. The van der Waals surface area contributed by atoms with Crippen LogP contribution < -0.4 is 10.1 Å². The molecule has 2 N–H and O–H groups in total. The molecule has 2 rings (SSSR count). The van der Waals surface area contributed by atoms with Crippen LogP contribution in [0.5, 0.6) is 5.75 Å². The Balaban J connectivity index is 1.76. The maximum absolute atomic E-state index is 11.0. The number of hydrogen-bond acceptors (Lipinski definition) is 2. The summed E-state index contributed by atoms with van der Waals surface area (Å²) in [7, 11) is 0. The molecule has 0 aliphatic carbocycles. The molecule has 0 spiro atoms. The molecule has 0 atom stereocenters. The molecular formula is C21H32N2O2. The van der Waals surface area contributed by atoms with E-state index in [1.807, 2.05) is 12.3 Å². The van der Waals surface area contributed by atoms with Crippen molar-refractivity contribution in [2.45, 2.75) is 65.2 Å². The molecule has 1 aromatic heterocycles. The average molecular weight is 344 g/mol. The van der Waals surface area contributed by atoms with E-state index in [1.165, 1.54) is 49.5 Å². The summed E-state index contributed by atoms with van der Waals surface area (Å²) in [5, 5.41) is 4.03. The fourth-order valence-corrected chi connectivity index (χ4v) is 3.08. The minimum Gasteiger partial charge on any atom is -0.494 e. The number of fused-ring (bicyclic) bond motifs is 1. The van der Waals surface area contributed by atoms with Crippen LogP contribution >= 0.6 is 0 Å². The summed E-state index contributed by atoms with van der Waals surface area (Å²) in [6.45, 7) is 5.24. The number of ether oxygens (including phenoxy) is 1. The molecule has 0 aliphatic heterocycles. The number of unbranched alkanes of at least 4 members (excludes halogenated alkanes) is 6. The van der Waals surface area contributed by atoms with E-state index in [0.717, 1.165) is 30.7 Å². The van der Waals surface area contributed by atoms with Crippen LogP contribution in [-0.4, -0.2) is 24.0 Å².